The Balaban J connectivity index is 2.21. The highest BCUT2D eigenvalue weighted by Gasteiger charge is 2.01. The van der Waals surface area contributed by atoms with E-state index in [1.54, 1.807) is 30.6 Å². The number of rotatable bonds is 7. The topological polar surface area (TPSA) is 47.6 Å². The maximum atomic E-state index is 5.83. The summed E-state index contributed by atoms with van der Waals surface area (Å²) in [6.45, 7) is 2.58. The quantitative estimate of drug-likeness (QED) is 0.362. The van der Waals surface area contributed by atoms with Gasteiger partial charge in [0, 0.05) is 28.5 Å². The molecule has 1 atom stereocenters. The summed E-state index contributed by atoms with van der Waals surface area (Å²) < 4.78 is 5.01. The lowest BCUT2D eigenvalue weighted by Crippen LogP contribution is -2.15. The van der Waals surface area contributed by atoms with Crippen molar-refractivity contribution < 1.29 is 4.74 Å². The Kier molecular flexibility index (Phi) is 8.37. The molecule has 1 aromatic carbocycles. The number of ether oxygens (including phenoxy) is 1. The van der Waals surface area contributed by atoms with E-state index in [-0.39, 0.29) is 6.04 Å². The van der Waals surface area contributed by atoms with Crippen molar-refractivity contribution in [3.63, 3.8) is 0 Å². The van der Waals surface area contributed by atoms with Gasteiger partial charge in [-0.3, -0.25) is 4.99 Å². The lowest BCUT2D eigenvalue weighted by Gasteiger charge is -2.06. The summed E-state index contributed by atoms with van der Waals surface area (Å²) in [4.78, 5) is 5.54. The van der Waals surface area contributed by atoms with Crippen LogP contribution in [0.3, 0.4) is 0 Å². The zero-order valence-electron chi connectivity index (χ0n) is 11.1. The zero-order valence-corrected chi connectivity index (χ0v) is 13.5. The average Bonchev–Trinajstić information content (AvgIpc) is 2.37. The van der Waals surface area contributed by atoms with Gasteiger partial charge in [0.2, 0.25) is 0 Å². The van der Waals surface area contributed by atoms with Gasteiger partial charge in [-0.15, -0.1) is 11.8 Å². The summed E-state index contributed by atoms with van der Waals surface area (Å²) in [6, 6.07) is 7.96. The maximum absolute atomic E-state index is 5.83. The van der Waals surface area contributed by atoms with Crippen LogP contribution in [0, 0.1) is 0 Å². The number of methoxy groups -OCH3 is 1. The molecule has 0 spiro atoms. The fourth-order valence-corrected chi connectivity index (χ4v) is 3.19. The molecule has 0 bridgehead atoms. The molecule has 3 nitrogen and oxygen atoms in total. The third-order valence-electron chi connectivity index (χ3n) is 2.17. The van der Waals surface area contributed by atoms with Crippen LogP contribution < -0.4 is 5.73 Å². The molecule has 19 heavy (non-hydrogen) atoms. The van der Waals surface area contributed by atoms with Crippen molar-refractivity contribution in [3.05, 3.63) is 29.3 Å². The number of benzene rings is 1. The van der Waals surface area contributed by atoms with Crippen LogP contribution in [0.2, 0.25) is 5.02 Å². The van der Waals surface area contributed by atoms with Crippen LogP contribution in [-0.2, 0) is 4.74 Å². The molecule has 1 rings (SSSR count). The lowest BCUT2D eigenvalue weighted by molar-refractivity contribution is 0.186. The first kappa shape index (κ1) is 16.7. The van der Waals surface area contributed by atoms with Crippen molar-refractivity contribution in [2.24, 2.45) is 10.7 Å². The SMILES string of the molecule is COC[C@@H](C)N=C(N)SCCSc1ccc(Cl)cc1. The van der Waals surface area contributed by atoms with Crippen LogP contribution >= 0.6 is 35.1 Å². The van der Waals surface area contributed by atoms with Crippen LogP contribution in [-0.4, -0.2) is 36.4 Å². The number of hydrogen-bond acceptors (Lipinski definition) is 4. The number of aliphatic imine (C=N–C) groups is 1. The second-order valence-corrected chi connectivity index (χ2v) is 6.64. The van der Waals surface area contributed by atoms with Crippen LogP contribution in [0.1, 0.15) is 6.92 Å². The minimum absolute atomic E-state index is 0.112. The van der Waals surface area contributed by atoms with E-state index in [1.165, 1.54) is 4.90 Å². The summed E-state index contributed by atoms with van der Waals surface area (Å²) in [7, 11) is 1.66. The van der Waals surface area contributed by atoms with Gasteiger partial charge in [-0.25, -0.2) is 0 Å². The largest absolute Gasteiger partial charge is 0.382 e. The number of nitrogens with zero attached hydrogens (tertiary/aromatic N) is 1. The summed E-state index contributed by atoms with van der Waals surface area (Å²) >= 11 is 9.20. The maximum Gasteiger partial charge on any atom is 0.154 e. The predicted molar refractivity (Wildman–Crippen MR) is 87.6 cm³/mol. The Morgan fingerprint density at radius 2 is 2.05 bits per heavy atom. The minimum Gasteiger partial charge on any atom is -0.382 e. The van der Waals surface area contributed by atoms with E-state index in [1.807, 2.05) is 31.2 Å². The minimum atomic E-state index is 0.112. The Morgan fingerprint density at radius 1 is 1.37 bits per heavy atom. The number of nitrogens with two attached hydrogens (primary N) is 1. The normalized spacial score (nSPS) is 13.5. The molecule has 0 unspecified atom stereocenters. The second kappa shape index (κ2) is 9.53. The van der Waals surface area contributed by atoms with Crippen molar-refractivity contribution in [1.82, 2.24) is 0 Å². The molecule has 1 aromatic rings. The molecule has 0 fully saturated rings. The summed E-state index contributed by atoms with van der Waals surface area (Å²) in [5.41, 5.74) is 5.83. The van der Waals surface area contributed by atoms with Crippen molar-refractivity contribution in [3.8, 4) is 0 Å². The zero-order chi connectivity index (χ0) is 14.1. The summed E-state index contributed by atoms with van der Waals surface area (Å²) in [6.07, 6.45) is 0. The van der Waals surface area contributed by atoms with Gasteiger partial charge in [-0.2, -0.15) is 0 Å². The van der Waals surface area contributed by atoms with Gasteiger partial charge in [0.1, 0.15) is 0 Å². The number of thioether (sulfide) groups is 2. The number of halogens is 1. The standard InChI is InChI=1S/C13H19ClN2OS2/c1-10(9-17-2)16-13(15)19-8-7-18-12-5-3-11(14)4-6-12/h3-6,10H,7-9H2,1-2H3,(H2,15,16)/t10-/m1/s1. The first-order valence-electron chi connectivity index (χ1n) is 5.95. The monoisotopic (exact) mass is 318 g/mol. The van der Waals surface area contributed by atoms with Gasteiger partial charge >= 0.3 is 0 Å². The molecule has 0 aliphatic heterocycles. The summed E-state index contributed by atoms with van der Waals surface area (Å²) in [5, 5.41) is 1.39. The highest BCUT2D eigenvalue weighted by molar-refractivity contribution is 8.14. The Labute approximate surface area is 128 Å². The Morgan fingerprint density at radius 3 is 2.68 bits per heavy atom. The summed E-state index contributed by atoms with van der Waals surface area (Å²) in [5.74, 6) is 1.92. The fourth-order valence-electron chi connectivity index (χ4n) is 1.37. The molecule has 2 N–H and O–H groups in total. The fraction of sp³-hybridized carbons (Fsp3) is 0.462. The van der Waals surface area contributed by atoms with Gasteiger partial charge in [0.25, 0.3) is 0 Å². The smallest absolute Gasteiger partial charge is 0.154 e. The third-order valence-corrected chi connectivity index (χ3v) is 4.50. The highest BCUT2D eigenvalue weighted by atomic mass is 35.5. The Hall–Kier alpha value is -0.360. The molecule has 0 saturated heterocycles. The van der Waals surface area contributed by atoms with Gasteiger partial charge in [-0.05, 0) is 31.2 Å². The van der Waals surface area contributed by atoms with E-state index in [0.717, 1.165) is 16.5 Å². The first-order valence-corrected chi connectivity index (χ1v) is 8.30. The number of amidine groups is 1. The second-order valence-electron chi connectivity index (χ2n) is 3.92. The van der Waals surface area contributed by atoms with Gasteiger partial charge in [0.05, 0.1) is 12.6 Å². The molecule has 0 radical (unpaired) electrons. The van der Waals surface area contributed by atoms with Crippen molar-refractivity contribution in [1.29, 1.82) is 0 Å². The lowest BCUT2D eigenvalue weighted by atomic mass is 10.4. The molecule has 6 heteroatoms. The third kappa shape index (κ3) is 7.72. The molecule has 0 saturated carbocycles. The van der Waals surface area contributed by atoms with E-state index >= 15 is 0 Å². The van der Waals surface area contributed by atoms with E-state index < -0.39 is 0 Å². The Bertz CT molecular complexity index is 398. The average molecular weight is 319 g/mol. The molecular weight excluding hydrogens is 300 g/mol. The highest BCUT2D eigenvalue weighted by Crippen LogP contribution is 2.21. The molecular formula is C13H19ClN2OS2. The molecule has 0 aliphatic rings. The van der Waals surface area contributed by atoms with Crippen LogP contribution in [0.4, 0.5) is 0 Å². The van der Waals surface area contributed by atoms with Crippen LogP contribution in [0.15, 0.2) is 34.2 Å². The van der Waals surface area contributed by atoms with Crippen molar-refractivity contribution in [2.45, 2.75) is 17.9 Å². The van der Waals surface area contributed by atoms with E-state index in [0.29, 0.717) is 11.8 Å². The van der Waals surface area contributed by atoms with E-state index in [2.05, 4.69) is 4.99 Å². The van der Waals surface area contributed by atoms with Crippen molar-refractivity contribution >= 4 is 40.3 Å². The first-order chi connectivity index (χ1) is 9.11. The molecule has 0 heterocycles. The van der Waals surface area contributed by atoms with Gasteiger partial charge in [-0.1, -0.05) is 23.4 Å². The van der Waals surface area contributed by atoms with Crippen molar-refractivity contribution in [2.75, 3.05) is 25.2 Å². The van der Waals surface area contributed by atoms with E-state index in [4.69, 9.17) is 22.1 Å². The van der Waals surface area contributed by atoms with Crippen LogP contribution in [0.5, 0.6) is 0 Å². The van der Waals surface area contributed by atoms with Crippen LogP contribution in [0.25, 0.3) is 0 Å². The molecule has 0 amide bonds. The predicted octanol–water partition coefficient (Wildman–Crippen LogP) is 3.51. The molecule has 0 aromatic heterocycles. The molecule has 106 valence electrons. The number of hydrogen-bond donors (Lipinski definition) is 1. The van der Waals surface area contributed by atoms with Gasteiger partial charge < -0.3 is 10.5 Å². The van der Waals surface area contributed by atoms with Gasteiger partial charge in [0.15, 0.2) is 5.17 Å². The molecule has 0 aliphatic carbocycles. The van der Waals surface area contributed by atoms with E-state index in [9.17, 15) is 0 Å².